The highest BCUT2D eigenvalue weighted by atomic mass is 16.5. The van der Waals surface area contributed by atoms with Crippen LogP contribution in [0.15, 0.2) is 50.6 Å². The van der Waals surface area contributed by atoms with E-state index < -0.39 is 0 Å². The zero-order valence-electron chi connectivity index (χ0n) is 12.8. The molecule has 0 aromatic rings. The van der Waals surface area contributed by atoms with Crippen LogP contribution in [-0.2, 0) is 9.47 Å². The summed E-state index contributed by atoms with van der Waals surface area (Å²) in [6.45, 7) is 16.1. The first kappa shape index (κ1) is 18.9. The highest BCUT2D eigenvalue weighted by Gasteiger charge is 2.13. The standard InChI is InChI=1S/C18H30O2/c1-5-9-11-17(19-15-7-3)13-14-18(12-10-6-2)20-16-8-4/h5-8,17-18H,1-4,9-16H2/t17-,18+. The Hall–Kier alpha value is -1.12. The zero-order valence-corrected chi connectivity index (χ0v) is 12.8. The van der Waals surface area contributed by atoms with Gasteiger partial charge in [-0.15, -0.1) is 26.3 Å². The lowest BCUT2D eigenvalue weighted by molar-refractivity contribution is 0.0240. The van der Waals surface area contributed by atoms with Crippen molar-refractivity contribution in [1.82, 2.24) is 0 Å². The molecular weight excluding hydrogens is 248 g/mol. The fourth-order valence-corrected chi connectivity index (χ4v) is 2.01. The largest absolute Gasteiger partial charge is 0.374 e. The van der Waals surface area contributed by atoms with E-state index in [4.69, 9.17) is 9.47 Å². The van der Waals surface area contributed by atoms with Crippen molar-refractivity contribution in [2.75, 3.05) is 13.2 Å². The molecule has 0 saturated heterocycles. The second kappa shape index (κ2) is 14.3. The summed E-state index contributed by atoms with van der Waals surface area (Å²) >= 11 is 0. The van der Waals surface area contributed by atoms with Gasteiger partial charge in [-0.2, -0.15) is 0 Å². The van der Waals surface area contributed by atoms with Crippen LogP contribution in [0.5, 0.6) is 0 Å². The van der Waals surface area contributed by atoms with Crippen molar-refractivity contribution >= 4 is 0 Å². The van der Waals surface area contributed by atoms with E-state index in [0.717, 1.165) is 38.5 Å². The molecule has 20 heavy (non-hydrogen) atoms. The Bertz CT molecular complexity index is 219. The molecule has 0 aliphatic rings. The van der Waals surface area contributed by atoms with Gasteiger partial charge in [0.25, 0.3) is 0 Å². The molecule has 2 nitrogen and oxygen atoms in total. The summed E-state index contributed by atoms with van der Waals surface area (Å²) in [5.74, 6) is 0. The minimum Gasteiger partial charge on any atom is -0.374 e. The summed E-state index contributed by atoms with van der Waals surface area (Å²) in [5, 5.41) is 0. The summed E-state index contributed by atoms with van der Waals surface area (Å²) in [6, 6.07) is 0. The number of rotatable bonds is 15. The highest BCUT2D eigenvalue weighted by molar-refractivity contribution is 4.76. The van der Waals surface area contributed by atoms with Gasteiger partial charge >= 0.3 is 0 Å². The van der Waals surface area contributed by atoms with Gasteiger partial charge in [0.05, 0.1) is 25.4 Å². The van der Waals surface area contributed by atoms with Gasteiger partial charge in [0.1, 0.15) is 0 Å². The van der Waals surface area contributed by atoms with Gasteiger partial charge in [0.2, 0.25) is 0 Å². The van der Waals surface area contributed by atoms with E-state index >= 15 is 0 Å². The van der Waals surface area contributed by atoms with E-state index in [2.05, 4.69) is 26.3 Å². The Labute approximate surface area is 124 Å². The molecule has 2 atom stereocenters. The zero-order chi connectivity index (χ0) is 15.1. The molecule has 0 aliphatic carbocycles. The third kappa shape index (κ3) is 10.8. The van der Waals surface area contributed by atoms with Crippen LogP contribution in [0.1, 0.15) is 38.5 Å². The van der Waals surface area contributed by atoms with Crippen LogP contribution >= 0.6 is 0 Å². The molecule has 0 aromatic carbocycles. The van der Waals surface area contributed by atoms with Crippen LogP contribution in [-0.4, -0.2) is 25.4 Å². The van der Waals surface area contributed by atoms with Crippen molar-refractivity contribution in [2.45, 2.75) is 50.7 Å². The van der Waals surface area contributed by atoms with Crippen molar-refractivity contribution in [3.63, 3.8) is 0 Å². The Morgan fingerprint density at radius 2 is 1.00 bits per heavy atom. The van der Waals surface area contributed by atoms with Crippen LogP contribution in [0.25, 0.3) is 0 Å². The minimum atomic E-state index is 0.254. The second-order valence-corrected chi connectivity index (χ2v) is 4.80. The van der Waals surface area contributed by atoms with E-state index in [1.54, 1.807) is 12.2 Å². The van der Waals surface area contributed by atoms with Crippen LogP contribution in [0.3, 0.4) is 0 Å². The topological polar surface area (TPSA) is 18.5 Å². The van der Waals surface area contributed by atoms with E-state index in [0.29, 0.717) is 13.2 Å². The Morgan fingerprint density at radius 3 is 1.30 bits per heavy atom. The van der Waals surface area contributed by atoms with Crippen LogP contribution < -0.4 is 0 Å². The average molecular weight is 278 g/mol. The number of hydrogen-bond donors (Lipinski definition) is 0. The van der Waals surface area contributed by atoms with Crippen molar-refractivity contribution in [2.24, 2.45) is 0 Å². The monoisotopic (exact) mass is 278 g/mol. The van der Waals surface area contributed by atoms with Gasteiger partial charge in [0, 0.05) is 0 Å². The molecule has 0 spiro atoms. The van der Waals surface area contributed by atoms with Crippen molar-refractivity contribution in [3.8, 4) is 0 Å². The van der Waals surface area contributed by atoms with E-state index in [-0.39, 0.29) is 12.2 Å². The molecule has 0 amide bonds. The molecule has 0 saturated carbocycles. The summed E-state index contributed by atoms with van der Waals surface area (Å²) in [6.07, 6.45) is 13.9. The van der Waals surface area contributed by atoms with Gasteiger partial charge in [-0.05, 0) is 38.5 Å². The van der Waals surface area contributed by atoms with Gasteiger partial charge in [-0.3, -0.25) is 0 Å². The quantitative estimate of drug-likeness (QED) is 0.399. The first-order chi connectivity index (χ1) is 9.78. The maximum atomic E-state index is 5.79. The number of ether oxygens (including phenoxy) is 2. The first-order valence-corrected chi connectivity index (χ1v) is 7.45. The SMILES string of the molecule is C=CCC[C@H](CC[C@H](CCC=C)OCC=C)OCC=C. The summed E-state index contributed by atoms with van der Waals surface area (Å²) in [4.78, 5) is 0. The maximum Gasteiger partial charge on any atom is 0.0648 e. The lowest BCUT2D eigenvalue weighted by Gasteiger charge is -2.21. The minimum absolute atomic E-state index is 0.254. The Kier molecular flexibility index (Phi) is 13.5. The molecular formula is C18H30O2. The number of allylic oxidation sites excluding steroid dienone is 2. The van der Waals surface area contributed by atoms with Crippen LogP contribution in [0.4, 0.5) is 0 Å². The number of hydrogen-bond acceptors (Lipinski definition) is 2. The Balaban J connectivity index is 4.17. The lowest BCUT2D eigenvalue weighted by Crippen LogP contribution is -2.19. The Morgan fingerprint density at radius 1 is 0.600 bits per heavy atom. The summed E-state index contributed by atoms with van der Waals surface area (Å²) in [5.41, 5.74) is 0. The third-order valence-corrected chi connectivity index (χ3v) is 3.10. The fourth-order valence-electron chi connectivity index (χ4n) is 2.01. The molecule has 0 rings (SSSR count). The van der Waals surface area contributed by atoms with E-state index in [1.165, 1.54) is 0 Å². The smallest absolute Gasteiger partial charge is 0.0648 e. The van der Waals surface area contributed by atoms with Crippen LogP contribution in [0.2, 0.25) is 0 Å². The fraction of sp³-hybridized carbons (Fsp3) is 0.556. The molecule has 0 radical (unpaired) electrons. The lowest BCUT2D eigenvalue weighted by atomic mass is 10.0. The summed E-state index contributed by atoms with van der Waals surface area (Å²) < 4.78 is 11.6. The van der Waals surface area contributed by atoms with Crippen molar-refractivity contribution < 1.29 is 9.47 Å². The molecule has 0 fully saturated rings. The predicted octanol–water partition coefficient (Wildman–Crippen LogP) is 4.84. The molecule has 114 valence electrons. The van der Waals surface area contributed by atoms with Crippen LogP contribution in [0, 0.1) is 0 Å². The van der Waals surface area contributed by atoms with Crippen molar-refractivity contribution in [1.29, 1.82) is 0 Å². The normalized spacial score (nSPS) is 13.4. The maximum absolute atomic E-state index is 5.79. The molecule has 0 aliphatic heterocycles. The van der Waals surface area contributed by atoms with Gasteiger partial charge in [-0.1, -0.05) is 24.3 Å². The molecule has 0 N–H and O–H groups in total. The third-order valence-electron chi connectivity index (χ3n) is 3.10. The van der Waals surface area contributed by atoms with E-state index in [9.17, 15) is 0 Å². The molecule has 0 unspecified atom stereocenters. The molecule has 0 heterocycles. The van der Waals surface area contributed by atoms with Gasteiger partial charge in [-0.25, -0.2) is 0 Å². The average Bonchev–Trinajstić information content (AvgIpc) is 2.48. The first-order valence-electron chi connectivity index (χ1n) is 7.45. The van der Waals surface area contributed by atoms with E-state index in [1.807, 2.05) is 12.2 Å². The molecule has 2 heteroatoms. The van der Waals surface area contributed by atoms with Gasteiger partial charge in [0.15, 0.2) is 0 Å². The van der Waals surface area contributed by atoms with Gasteiger partial charge < -0.3 is 9.47 Å². The molecule has 0 bridgehead atoms. The van der Waals surface area contributed by atoms with Crippen molar-refractivity contribution in [3.05, 3.63) is 50.6 Å². The summed E-state index contributed by atoms with van der Waals surface area (Å²) in [7, 11) is 0. The molecule has 0 aromatic heterocycles. The predicted molar refractivity (Wildman–Crippen MR) is 88.0 cm³/mol. The highest BCUT2D eigenvalue weighted by Crippen LogP contribution is 2.16. The second-order valence-electron chi connectivity index (χ2n) is 4.80.